The minimum Gasteiger partial charge on any atom is -0.342 e. The van der Waals surface area contributed by atoms with Crippen molar-refractivity contribution in [2.45, 2.75) is 33.7 Å². The first-order valence-corrected chi connectivity index (χ1v) is 6.58. The summed E-state index contributed by atoms with van der Waals surface area (Å²) in [6.07, 6.45) is 0. The summed E-state index contributed by atoms with van der Waals surface area (Å²) < 4.78 is 0. The van der Waals surface area contributed by atoms with Gasteiger partial charge in [0.15, 0.2) is 0 Å². The molecular formula is C15H20N2O2. The Kier molecular flexibility index (Phi) is 3.60. The molecule has 1 aliphatic heterocycles. The maximum Gasteiger partial charge on any atom is 0.250 e. The predicted molar refractivity (Wildman–Crippen MR) is 75.0 cm³/mol. The lowest BCUT2D eigenvalue weighted by Crippen LogP contribution is -2.60. The number of hydrogen-bond donors (Lipinski definition) is 1. The van der Waals surface area contributed by atoms with Crippen LogP contribution in [0.15, 0.2) is 18.2 Å². The number of carbonyl (C=O) groups is 2. The molecule has 0 aromatic heterocycles. The second-order valence-electron chi connectivity index (χ2n) is 5.50. The van der Waals surface area contributed by atoms with Crippen molar-refractivity contribution in [3.05, 3.63) is 29.3 Å². The predicted octanol–water partition coefficient (Wildman–Crippen LogP) is 1.79. The van der Waals surface area contributed by atoms with Crippen LogP contribution in [0.2, 0.25) is 0 Å². The van der Waals surface area contributed by atoms with Crippen LogP contribution >= 0.6 is 0 Å². The van der Waals surface area contributed by atoms with Crippen LogP contribution in [-0.4, -0.2) is 24.4 Å². The molecule has 1 aromatic carbocycles. The minimum absolute atomic E-state index is 0.0247. The van der Waals surface area contributed by atoms with E-state index in [4.69, 9.17) is 0 Å². The highest BCUT2D eigenvalue weighted by molar-refractivity contribution is 6.07. The van der Waals surface area contributed by atoms with Gasteiger partial charge in [0.25, 0.3) is 0 Å². The number of rotatable bonds is 2. The fourth-order valence-electron chi connectivity index (χ4n) is 2.34. The molecule has 1 unspecified atom stereocenters. The number of piperazine rings is 1. The number of anilines is 1. The van der Waals surface area contributed by atoms with E-state index in [0.29, 0.717) is 0 Å². The standard InChI is InChI=1S/C15H20N2O2/c1-9(2)14-15(19)17(8-13(18)16-14)12-7-10(3)5-6-11(12)4/h5-7,9,14H,8H2,1-4H3,(H,16,18). The Morgan fingerprint density at radius 1 is 1.26 bits per heavy atom. The van der Waals surface area contributed by atoms with Crippen LogP contribution in [0, 0.1) is 19.8 Å². The molecular weight excluding hydrogens is 240 g/mol. The van der Waals surface area contributed by atoms with Gasteiger partial charge >= 0.3 is 0 Å². The molecule has 19 heavy (non-hydrogen) atoms. The Morgan fingerprint density at radius 3 is 2.58 bits per heavy atom. The first kappa shape index (κ1) is 13.6. The number of aryl methyl sites for hydroxylation is 2. The Labute approximate surface area is 113 Å². The molecule has 1 N–H and O–H groups in total. The molecule has 1 aliphatic rings. The average Bonchev–Trinajstić information content (AvgIpc) is 2.34. The summed E-state index contributed by atoms with van der Waals surface area (Å²) in [6, 6.07) is 5.52. The second kappa shape index (κ2) is 5.03. The van der Waals surface area contributed by atoms with Crippen molar-refractivity contribution in [2.75, 3.05) is 11.4 Å². The minimum atomic E-state index is -0.429. The zero-order chi connectivity index (χ0) is 14.2. The molecule has 0 spiro atoms. The lowest BCUT2D eigenvalue weighted by atomic mass is 9.99. The van der Waals surface area contributed by atoms with E-state index in [1.54, 1.807) is 4.90 Å². The van der Waals surface area contributed by atoms with Crippen LogP contribution in [0.1, 0.15) is 25.0 Å². The fourth-order valence-corrected chi connectivity index (χ4v) is 2.34. The highest BCUT2D eigenvalue weighted by Crippen LogP contribution is 2.24. The molecule has 0 aliphatic carbocycles. The monoisotopic (exact) mass is 260 g/mol. The number of nitrogens with zero attached hydrogens (tertiary/aromatic N) is 1. The van der Waals surface area contributed by atoms with Crippen molar-refractivity contribution in [2.24, 2.45) is 5.92 Å². The summed E-state index contributed by atoms with van der Waals surface area (Å²) >= 11 is 0. The SMILES string of the molecule is Cc1ccc(C)c(N2CC(=O)NC(C(C)C)C2=O)c1. The van der Waals surface area contributed by atoms with Crippen LogP contribution in [0.4, 0.5) is 5.69 Å². The van der Waals surface area contributed by atoms with Gasteiger partial charge in [-0.25, -0.2) is 0 Å². The molecule has 4 heteroatoms. The molecule has 2 amide bonds. The third-order valence-corrected chi connectivity index (χ3v) is 3.47. The van der Waals surface area contributed by atoms with E-state index in [0.717, 1.165) is 16.8 Å². The van der Waals surface area contributed by atoms with E-state index in [1.165, 1.54) is 0 Å². The number of nitrogens with one attached hydrogen (secondary N) is 1. The number of amides is 2. The summed E-state index contributed by atoms with van der Waals surface area (Å²) in [5.74, 6) is -0.0353. The molecule has 0 saturated carbocycles. The molecule has 2 rings (SSSR count). The molecule has 1 fully saturated rings. The van der Waals surface area contributed by atoms with Crippen molar-refractivity contribution in [1.29, 1.82) is 0 Å². The molecule has 0 bridgehead atoms. The van der Waals surface area contributed by atoms with Crippen LogP contribution in [0.3, 0.4) is 0 Å². The Balaban J connectivity index is 2.40. The van der Waals surface area contributed by atoms with Gasteiger partial charge in [0.2, 0.25) is 11.8 Å². The highest BCUT2D eigenvalue weighted by Gasteiger charge is 2.35. The molecule has 1 saturated heterocycles. The van der Waals surface area contributed by atoms with E-state index >= 15 is 0 Å². The van der Waals surface area contributed by atoms with Crippen molar-refractivity contribution in [3.63, 3.8) is 0 Å². The van der Waals surface area contributed by atoms with Crippen LogP contribution in [0.5, 0.6) is 0 Å². The van der Waals surface area contributed by atoms with Crippen molar-refractivity contribution < 1.29 is 9.59 Å². The summed E-state index contributed by atoms with van der Waals surface area (Å²) in [4.78, 5) is 25.9. The summed E-state index contributed by atoms with van der Waals surface area (Å²) in [5.41, 5.74) is 2.93. The first-order valence-electron chi connectivity index (χ1n) is 6.58. The summed E-state index contributed by atoms with van der Waals surface area (Å²) in [6.45, 7) is 7.92. The van der Waals surface area contributed by atoms with Crippen LogP contribution in [-0.2, 0) is 9.59 Å². The lowest BCUT2D eigenvalue weighted by Gasteiger charge is -2.35. The first-order chi connectivity index (χ1) is 8.90. The Bertz CT molecular complexity index is 523. The largest absolute Gasteiger partial charge is 0.342 e. The summed E-state index contributed by atoms with van der Waals surface area (Å²) in [7, 11) is 0. The van der Waals surface area contributed by atoms with Gasteiger partial charge in [-0.05, 0) is 37.0 Å². The molecule has 0 radical (unpaired) electrons. The number of benzene rings is 1. The molecule has 4 nitrogen and oxygen atoms in total. The van der Waals surface area contributed by atoms with Gasteiger partial charge < -0.3 is 10.2 Å². The third kappa shape index (κ3) is 2.62. The van der Waals surface area contributed by atoms with Gasteiger partial charge in [0.1, 0.15) is 12.6 Å². The second-order valence-corrected chi connectivity index (χ2v) is 5.50. The van der Waals surface area contributed by atoms with E-state index in [-0.39, 0.29) is 24.3 Å². The van der Waals surface area contributed by atoms with Gasteiger partial charge in [0.05, 0.1) is 0 Å². The van der Waals surface area contributed by atoms with Gasteiger partial charge in [-0.3, -0.25) is 9.59 Å². The normalized spacial score (nSPS) is 19.8. The van der Waals surface area contributed by atoms with E-state index < -0.39 is 6.04 Å². The average molecular weight is 260 g/mol. The lowest BCUT2D eigenvalue weighted by molar-refractivity contribution is -0.132. The van der Waals surface area contributed by atoms with Gasteiger partial charge in [0, 0.05) is 5.69 Å². The Hall–Kier alpha value is -1.84. The maximum atomic E-state index is 12.5. The van der Waals surface area contributed by atoms with E-state index in [9.17, 15) is 9.59 Å². The number of carbonyl (C=O) groups excluding carboxylic acids is 2. The van der Waals surface area contributed by atoms with Crippen LogP contribution in [0.25, 0.3) is 0 Å². The van der Waals surface area contributed by atoms with Crippen molar-refractivity contribution >= 4 is 17.5 Å². The summed E-state index contributed by atoms with van der Waals surface area (Å²) in [5, 5.41) is 2.77. The van der Waals surface area contributed by atoms with Gasteiger partial charge in [-0.15, -0.1) is 0 Å². The van der Waals surface area contributed by atoms with Gasteiger partial charge in [-0.2, -0.15) is 0 Å². The zero-order valence-electron chi connectivity index (χ0n) is 11.9. The van der Waals surface area contributed by atoms with Crippen LogP contribution < -0.4 is 10.2 Å². The van der Waals surface area contributed by atoms with E-state index in [2.05, 4.69) is 5.32 Å². The van der Waals surface area contributed by atoms with E-state index in [1.807, 2.05) is 45.9 Å². The third-order valence-electron chi connectivity index (χ3n) is 3.47. The highest BCUT2D eigenvalue weighted by atomic mass is 16.2. The fraction of sp³-hybridized carbons (Fsp3) is 0.467. The molecule has 1 atom stereocenters. The molecule has 1 heterocycles. The molecule has 102 valence electrons. The topological polar surface area (TPSA) is 49.4 Å². The maximum absolute atomic E-state index is 12.5. The number of hydrogen-bond acceptors (Lipinski definition) is 2. The quantitative estimate of drug-likeness (QED) is 0.881. The zero-order valence-corrected chi connectivity index (χ0v) is 11.9. The smallest absolute Gasteiger partial charge is 0.250 e. The van der Waals surface area contributed by atoms with Gasteiger partial charge in [-0.1, -0.05) is 26.0 Å². The Morgan fingerprint density at radius 2 is 1.95 bits per heavy atom. The molecule has 1 aromatic rings. The van der Waals surface area contributed by atoms with Crippen molar-refractivity contribution in [1.82, 2.24) is 5.32 Å². The van der Waals surface area contributed by atoms with Crippen molar-refractivity contribution in [3.8, 4) is 0 Å².